The Morgan fingerprint density at radius 2 is 1.76 bits per heavy atom. The Kier molecular flexibility index (Phi) is 5.34. The molecule has 21 heavy (non-hydrogen) atoms. The highest BCUT2D eigenvalue weighted by Gasteiger charge is 2.14. The van der Waals surface area contributed by atoms with Gasteiger partial charge in [0.15, 0.2) is 0 Å². The average molecular weight is 326 g/mol. The van der Waals surface area contributed by atoms with Gasteiger partial charge in [0.25, 0.3) is 0 Å². The SMILES string of the molecule is CC(NCCc1ccc(Cl)cc1Cl)c1c(O)cccc1O. The lowest BCUT2D eigenvalue weighted by atomic mass is 10.1. The lowest BCUT2D eigenvalue weighted by Crippen LogP contribution is -2.21. The van der Waals surface area contributed by atoms with Crippen molar-refractivity contribution in [2.75, 3.05) is 6.54 Å². The fourth-order valence-electron chi connectivity index (χ4n) is 2.23. The van der Waals surface area contributed by atoms with Gasteiger partial charge in [-0.25, -0.2) is 0 Å². The molecule has 0 aliphatic carbocycles. The highest BCUT2D eigenvalue weighted by molar-refractivity contribution is 6.35. The first-order chi connectivity index (χ1) is 9.99. The van der Waals surface area contributed by atoms with E-state index in [4.69, 9.17) is 23.2 Å². The Labute approximate surface area is 134 Å². The molecule has 1 unspecified atom stereocenters. The predicted molar refractivity (Wildman–Crippen MR) is 86.4 cm³/mol. The molecule has 0 bridgehead atoms. The van der Waals surface area contributed by atoms with Crippen LogP contribution in [0.1, 0.15) is 24.1 Å². The van der Waals surface area contributed by atoms with E-state index in [1.54, 1.807) is 30.3 Å². The van der Waals surface area contributed by atoms with E-state index in [1.807, 2.05) is 13.0 Å². The average Bonchev–Trinajstić information content (AvgIpc) is 2.41. The number of hydrogen-bond donors (Lipinski definition) is 3. The first-order valence-corrected chi connectivity index (χ1v) is 7.42. The smallest absolute Gasteiger partial charge is 0.124 e. The van der Waals surface area contributed by atoms with Crippen LogP contribution in [0.2, 0.25) is 10.0 Å². The summed E-state index contributed by atoms with van der Waals surface area (Å²) >= 11 is 12.0. The molecule has 0 aliphatic heterocycles. The number of aromatic hydroxyl groups is 2. The summed E-state index contributed by atoms with van der Waals surface area (Å²) in [6, 6.07) is 9.98. The summed E-state index contributed by atoms with van der Waals surface area (Å²) in [5, 5.41) is 24.1. The summed E-state index contributed by atoms with van der Waals surface area (Å²) in [6.45, 7) is 2.55. The molecule has 5 heteroatoms. The van der Waals surface area contributed by atoms with Crippen LogP contribution in [0.3, 0.4) is 0 Å². The molecule has 0 aromatic heterocycles. The molecule has 0 amide bonds. The van der Waals surface area contributed by atoms with Crippen LogP contribution in [0.15, 0.2) is 36.4 Å². The monoisotopic (exact) mass is 325 g/mol. The fraction of sp³-hybridized carbons (Fsp3) is 0.250. The first-order valence-electron chi connectivity index (χ1n) is 6.67. The van der Waals surface area contributed by atoms with E-state index in [-0.39, 0.29) is 17.5 Å². The van der Waals surface area contributed by atoms with Gasteiger partial charge >= 0.3 is 0 Å². The van der Waals surface area contributed by atoms with E-state index >= 15 is 0 Å². The van der Waals surface area contributed by atoms with Gasteiger partial charge in [-0.05, 0) is 49.7 Å². The molecule has 2 aromatic carbocycles. The maximum Gasteiger partial charge on any atom is 0.124 e. The molecule has 3 N–H and O–H groups in total. The zero-order valence-corrected chi connectivity index (χ0v) is 13.1. The van der Waals surface area contributed by atoms with Crippen molar-refractivity contribution in [1.82, 2.24) is 5.32 Å². The third kappa shape index (κ3) is 4.03. The van der Waals surface area contributed by atoms with Gasteiger partial charge in [0, 0.05) is 16.1 Å². The van der Waals surface area contributed by atoms with Crippen LogP contribution < -0.4 is 5.32 Å². The second kappa shape index (κ2) is 7.03. The van der Waals surface area contributed by atoms with Crippen molar-refractivity contribution in [3.63, 3.8) is 0 Å². The van der Waals surface area contributed by atoms with Crippen LogP contribution in [0.4, 0.5) is 0 Å². The Morgan fingerprint density at radius 3 is 2.38 bits per heavy atom. The third-order valence-electron chi connectivity index (χ3n) is 3.35. The number of nitrogens with one attached hydrogen (secondary N) is 1. The van der Waals surface area contributed by atoms with E-state index < -0.39 is 0 Å². The van der Waals surface area contributed by atoms with Crippen molar-refractivity contribution in [3.05, 3.63) is 57.6 Å². The van der Waals surface area contributed by atoms with Gasteiger partial charge in [-0.3, -0.25) is 0 Å². The van der Waals surface area contributed by atoms with Crippen molar-refractivity contribution in [2.45, 2.75) is 19.4 Å². The van der Waals surface area contributed by atoms with Crippen molar-refractivity contribution in [1.29, 1.82) is 0 Å². The van der Waals surface area contributed by atoms with Crippen LogP contribution >= 0.6 is 23.2 Å². The van der Waals surface area contributed by atoms with Gasteiger partial charge in [-0.1, -0.05) is 35.3 Å². The Balaban J connectivity index is 1.97. The van der Waals surface area contributed by atoms with Crippen molar-refractivity contribution in [3.8, 4) is 11.5 Å². The van der Waals surface area contributed by atoms with Gasteiger partial charge in [-0.2, -0.15) is 0 Å². The standard InChI is InChI=1S/C16H17Cl2NO2/c1-10(16-14(20)3-2-4-15(16)21)19-8-7-11-5-6-12(17)9-13(11)18/h2-6,9-10,19-21H,7-8H2,1H3. The Morgan fingerprint density at radius 1 is 1.10 bits per heavy atom. The molecule has 0 heterocycles. The highest BCUT2D eigenvalue weighted by Crippen LogP contribution is 2.32. The summed E-state index contributed by atoms with van der Waals surface area (Å²) in [5.74, 6) is 0.166. The lowest BCUT2D eigenvalue weighted by Gasteiger charge is -2.17. The maximum atomic E-state index is 9.82. The molecule has 0 fully saturated rings. The summed E-state index contributed by atoms with van der Waals surface area (Å²) in [7, 11) is 0. The van der Waals surface area contributed by atoms with Gasteiger partial charge < -0.3 is 15.5 Å². The minimum atomic E-state index is -0.169. The van der Waals surface area contributed by atoms with Crippen LogP contribution in [0, 0.1) is 0 Å². The molecule has 3 nitrogen and oxygen atoms in total. The van der Waals surface area contributed by atoms with Crippen LogP contribution in [0.25, 0.3) is 0 Å². The number of rotatable bonds is 5. The Hall–Kier alpha value is -1.42. The molecule has 2 rings (SSSR count). The quantitative estimate of drug-likeness (QED) is 0.768. The number of hydrogen-bond acceptors (Lipinski definition) is 3. The second-order valence-corrected chi connectivity index (χ2v) is 5.72. The van der Waals surface area contributed by atoms with E-state index in [9.17, 15) is 10.2 Å². The fourth-order valence-corrected chi connectivity index (χ4v) is 2.74. The summed E-state index contributed by atoms with van der Waals surface area (Å²) in [6.07, 6.45) is 0.731. The third-order valence-corrected chi connectivity index (χ3v) is 3.94. The largest absolute Gasteiger partial charge is 0.507 e. The zero-order chi connectivity index (χ0) is 15.4. The highest BCUT2D eigenvalue weighted by atomic mass is 35.5. The van der Waals surface area contributed by atoms with Crippen molar-refractivity contribution < 1.29 is 10.2 Å². The summed E-state index contributed by atoms with van der Waals surface area (Å²) in [5.41, 5.74) is 1.50. The normalized spacial score (nSPS) is 12.3. The molecular formula is C16H17Cl2NO2. The first kappa shape index (κ1) is 16.0. The lowest BCUT2D eigenvalue weighted by molar-refractivity contribution is 0.419. The minimum absolute atomic E-state index is 0.0829. The predicted octanol–water partition coefficient (Wildman–Crippen LogP) is 4.30. The van der Waals surface area contributed by atoms with E-state index in [0.29, 0.717) is 22.2 Å². The molecule has 0 spiro atoms. The molecule has 0 saturated carbocycles. The number of phenolic OH excluding ortho intramolecular Hbond substituents is 2. The van der Waals surface area contributed by atoms with Crippen LogP contribution in [-0.4, -0.2) is 16.8 Å². The van der Waals surface area contributed by atoms with Crippen molar-refractivity contribution in [2.24, 2.45) is 0 Å². The van der Waals surface area contributed by atoms with E-state index in [2.05, 4.69) is 5.32 Å². The topological polar surface area (TPSA) is 52.5 Å². The number of benzene rings is 2. The molecule has 112 valence electrons. The van der Waals surface area contributed by atoms with Crippen LogP contribution in [-0.2, 0) is 6.42 Å². The van der Waals surface area contributed by atoms with E-state index in [0.717, 1.165) is 12.0 Å². The summed E-state index contributed by atoms with van der Waals surface area (Å²) in [4.78, 5) is 0. The maximum absolute atomic E-state index is 9.82. The molecular weight excluding hydrogens is 309 g/mol. The van der Waals surface area contributed by atoms with E-state index in [1.165, 1.54) is 0 Å². The minimum Gasteiger partial charge on any atom is -0.507 e. The van der Waals surface area contributed by atoms with Gasteiger partial charge in [-0.15, -0.1) is 0 Å². The molecule has 0 aliphatic rings. The van der Waals surface area contributed by atoms with Gasteiger partial charge in [0.05, 0.1) is 5.56 Å². The zero-order valence-electron chi connectivity index (χ0n) is 11.6. The molecule has 2 aromatic rings. The second-order valence-electron chi connectivity index (χ2n) is 4.87. The van der Waals surface area contributed by atoms with Crippen LogP contribution in [0.5, 0.6) is 11.5 Å². The summed E-state index contributed by atoms with van der Waals surface area (Å²) < 4.78 is 0. The molecule has 1 atom stereocenters. The number of halogens is 2. The molecule has 0 saturated heterocycles. The van der Waals surface area contributed by atoms with Crippen molar-refractivity contribution >= 4 is 23.2 Å². The van der Waals surface area contributed by atoms with Gasteiger partial charge in [0.2, 0.25) is 0 Å². The Bertz CT molecular complexity index is 611. The molecule has 0 radical (unpaired) electrons. The van der Waals surface area contributed by atoms with Gasteiger partial charge in [0.1, 0.15) is 11.5 Å². The number of phenols is 2.